The summed E-state index contributed by atoms with van der Waals surface area (Å²) in [5, 5.41) is 10.2. The zero-order valence-electron chi connectivity index (χ0n) is 16.6. The average molecular weight is 407 g/mol. The zero-order chi connectivity index (χ0) is 20.4. The molecule has 0 aliphatic heterocycles. The molecule has 0 spiro atoms. The van der Waals surface area contributed by atoms with Crippen LogP contribution in [0.1, 0.15) is 22.8 Å². The van der Waals surface area contributed by atoms with Crippen LogP contribution in [0.4, 0.5) is 5.82 Å². The minimum absolute atomic E-state index is 0.153. The first-order valence-corrected chi connectivity index (χ1v) is 10.3. The smallest absolute Gasteiger partial charge is 0.252 e. The van der Waals surface area contributed by atoms with Crippen molar-refractivity contribution in [1.29, 1.82) is 0 Å². The molecule has 29 heavy (non-hydrogen) atoms. The number of hydrogen-bond donors (Lipinski definition) is 1. The summed E-state index contributed by atoms with van der Waals surface area (Å²) in [6.07, 6.45) is 3.47. The Morgan fingerprint density at radius 2 is 2.14 bits per heavy atom. The van der Waals surface area contributed by atoms with Gasteiger partial charge in [0.15, 0.2) is 5.65 Å². The van der Waals surface area contributed by atoms with Gasteiger partial charge in [0.05, 0.1) is 27.7 Å². The summed E-state index contributed by atoms with van der Waals surface area (Å²) in [4.78, 5) is 25.2. The van der Waals surface area contributed by atoms with E-state index in [0.717, 1.165) is 33.0 Å². The molecule has 0 aromatic carbocycles. The lowest BCUT2D eigenvalue weighted by molar-refractivity contribution is 0.0952. The molecule has 4 rings (SSSR count). The molecule has 0 saturated heterocycles. The third-order valence-electron chi connectivity index (χ3n) is 4.66. The summed E-state index contributed by atoms with van der Waals surface area (Å²) >= 11 is 1.60. The molecular weight excluding hydrogens is 384 g/mol. The molecule has 8 heteroatoms. The fraction of sp³-hybridized carbons (Fsp3) is 0.238. The van der Waals surface area contributed by atoms with Gasteiger partial charge in [0.2, 0.25) is 0 Å². The van der Waals surface area contributed by atoms with Gasteiger partial charge in [-0.1, -0.05) is 12.1 Å². The van der Waals surface area contributed by atoms with E-state index in [4.69, 9.17) is 4.98 Å². The molecule has 7 nitrogen and oxygen atoms in total. The van der Waals surface area contributed by atoms with E-state index < -0.39 is 0 Å². The van der Waals surface area contributed by atoms with Crippen LogP contribution in [0.25, 0.3) is 21.6 Å². The second-order valence-corrected chi connectivity index (χ2v) is 7.74. The lowest BCUT2D eigenvalue weighted by Crippen LogP contribution is -2.25. The van der Waals surface area contributed by atoms with Gasteiger partial charge in [0, 0.05) is 38.9 Å². The van der Waals surface area contributed by atoms with E-state index in [9.17, 15) is 4.79 Å². The second kappa shape index (κ2) is 8.00. The number of hydrogen-bond acceptors (Lipinski definition) is 6. The Hall–Kier alpha value is -3.26. The Kier molecular flexibility index (Phi) is 5.26. The molecule has 0 bridgehead atoms. The molecular formula is C21H22N6OS. The monoisotopic (exact) mass is 406 g/mol. The number of thiophene rings is 1. The molecule has 4 aromatic heterocycles. The van der Waals surface area contributed by atoms with Gasteiger partial charge in [-0.3, -0.25) is 4.79 Å². The van der Waals surface area contributed by atoms with Crippen LogP contribution in [0, 0.1) is 0 Å². The van der Waals surface area contributed by atoms with Crippen molar-refractivity contribution in [3.05, 3.63) is 59.2 Å². The summed E-state index contributed by atoms with van der Waals surface area (Å²) in [5.74, 6) is 0.685. The molecule has 148 valence electrons. The first-order chi connectivity index (χ1) is 14.1. The fourth-order valence-corrected chi connectivity index (χ4v) is 3.95. The van der Waals surface area contributed by atoms with Crippen molar-refractivity contribution in [3.8, 4) is 10.6 Å². The van der Waals surface area contributed by atoms with Gasteiger partial charge in [-0.2, -0.15) is 5.10 Å². The fourth-order valence-electron chi connectivity index (χ4n) is 3.26. The maximum atomic E-state index is 13.1. The van der Waals surface area contributed by atoms with Crippen molar-refractivity contribution >= 4 is 34.1 Å². The summed E-state index contributed by atoms with van der Waals surface area (Å²) in [7, 11) is 3.87. The quantitative estimate of drug-likeness (QED) is 0.530. The number of fused-ring (bicyclic) bond motifs is 1. The van der Waals surface area contributed by atoms with E-state index in [2.05, 4.69) is 15.4 Å². The molecule has 0 saturated carbocycles. The zero-order valence-corrected chi connectivity index (χ0v) is 17.4. The number of aromatic nitrogens is 4. The van der Waals surface area contributed by atoms with Crippen LogP contribution in [0.15, 0.2) is 48.1 Å². The third-order valence-corrected chi connectivity index (χ3v) is 5.55. The number of anilines is 1. The maximum absolute atomic E-state index is 13.1. The van der Waals surface area contributed by atoms with E-state index in [1.807, 2.05) is 66.3 Å². The van der Waals surface area contributed by atoms with Crippen molar-refractivity contribution in [2.45, 2.75) is 20.0 Å². The molecule has 4 aromatic rings. The van der Waals surface area contributed by atoms with Crippen LogP contribution >= 0.6 is 11.3 Å². The summed E-state index contributed by atoms with van der Waals surface area (Å²) in [6, 6.07) is 9.68. The third kappa shape index (κ3) is 3.71. The molecule has 0 unspecified atom stereocenters. The van der Waals surface area contributed by atoms with E-state index in [0.29, 0.717) is 18.7 Å². The van der Waals surface area contributed by atoms with Crippen molar-refractivity contribution in [2.75, 3.05) is 19.0 Å². The Morgan fingerprint density at radius 3 is 2.86 bits per heavy atom. The minimum Gasteiger partial charge on any atom is -0.362 e. The molecule has 1 amide bonds. The number of pyridine rings is 2. The summed E-state index contributed by atoms with van der Waals surface area (Å²) in [5.41, 5.74) is 3.04. The van der Waals surface area contributed by atoms with E-state index >= 15 is 0 Å². The van der Waals surface area contributed by atoms with Crippen LogP contribution < -0.4 is 10.2 Å². The Bertz CT molecular complexity index is 1150. The van der Waals surface area contributed by atoms with E-state index in [1.165, 1.54) is 0 Å². The molecule has 1 N–H and O–H groups in total. The van der Waals surface area contributed by atoms with Crippen LogP contribution in [0.5, 0.6) is 0 Å². The van der Waals surface area contributed by atoms with E-state index in [1.54, 1.807) is 23.7 Å². The molecule has 4 heterocycles. The van der Waals surface area contributed by atoms with Gasteiger partial charge in [-0.05, 0) is 30.5 Å². The Morgan fingerprint density at radius 1 is 1.28 bits per heavy atom. The standard InChI is InChI=1S/C21H22N6OS/c1-4-27-20-16(13-24-27)15(11-17(25-20)18-8-6-10-29-18)21(28)23-12-14-7-5-9-22-19(14)26(2)3/h5-11,13H,4,12H2,1-3H3,(H,23,28). The second-order valence-electron chi connectivity index (χ2n) is 6.79. The van der Waals surface area contributed by atoms with Crippen molar-refractivity contribution in [3.63, 3.8) is 0 Å². The molecule has 0 aliphatic carbocycles. The average Bonchev–Trinajstić information content (AvgIpc) is 3.41. The normalized spacial score (nSPS) is 11.0. The highest BCUT2D eigenvalue weighted by atomic mass is 32.1. The predicted molar refractivity (Wildman–Crippen MR) is 116 cm³/mol. The van der Waals surface area contributed by atoms with Gasteiger partial charge >= 0.3 is 0 Å². The van der Waals surface area contributed by atoms with Gasteiger partial charge in [0.1, 0.15) is 5.82 Å². The SMILES string of the molecule is CCn1ncc2c(C(=O)NCc3cccnc3N(C)C)cc(-c3cccs3)nc21. The van der Waals surface area contributed by atoms with Gasteiger partial charge in [-0.15, -0.1) is 11.3 Å². The summed E-state index contributed by atoms with van der Waals surface area (Å²) in [6.45, 7) is 3.09. The number of nitrogens with zero attached hydrogens (tertiary/aromatic N) is 5. The number of carbonyl (C=O) groups is 1. The van der Waals surface area contributed by atoms with Gasteiger partial charge in [-0.25, -0.2) is 14.6 Å². The summed E-state index contributed by atoms with van der Waals surface area (Å²) < 4.78 is 1.81. The van der Waals surface area contributed by atoms with Crippen LogP contribution in [0.2, 0.25) is 0 Å². The van der Waals surface area contributed by atoms with Crippen LogP contribution in [-0.2, 0) is 13.1 Å². The van der Waals surface area contributed by atoms with Crippen molar-refractivity contribution in [1.82, 2.24) is 25.1 Å². The number of nitrogens with one attached hydrogen (secondary N) is 1. The lowest BCUT2D eigenvalue weighted by atomic mass is 10.1. The number of carbonyl (C=O) groups excluding carboxylic acids is 1. The van der Waals surface area contributed by atoms with Crippen molar-refractivity contribution < 1.29 is 4.79 Å². The van der Waals surface area contributed by atoms with Crippen molar-refractivity contribution in [2.24, 2.45) is 0 Å². The predicted octanol–water partition coefficient (Wildman–Crippen LogP) is 3.57. The number of amides is 1. The first-order valence-electron chi connectivity index (χ1n) is 9.38. The van der Waals surface area contributed by atoms with Crippen LogP contribution in [-0.4, -0.2) is 39.8 Å². The highest BCUT2D eigenvalue weighted by Crippen LogP contribution is 2.28. The topological polar surface area (TPSA) is 75.9 Å². The minimum atomic E-state index is -0.153. The van der Waals surface area contributed by atoms with Gasteiger partial charge in [0.25, 0.3) is 5.91 Å². The lowest BCUT2D eigenvalue weighted by Gasteiger charge is -2.16. The Labute approximate surface area is 173 Å². The van der Waals surface area contributed by atoms with Crippen LogP contribution in [0.3, 0.4) is 0 Å². The number of rotatable bonds is 6. The molecule has 0 radical (unpaired) electrons. The van der Waals surface area contributed by atoms with E-state index in [-0.39, 0.29) is 5.91 Å². The highest BCUT2D eigenvalue weighted by Gasteiger charge is 2.18. The first kappa shape index (κ1) is 19.1. The highest BCUT2D eigenvalue weighted by molar-refractivity contribution is 7.13. The Balaban J connectivity index is 1.69. The van der Waals surface area contributed by atoms with Gasteiger partial charge < -0.3 is 10.2 Å². The molecule has 0 aliphatic rings. The molecule has 0 fully saturated rings. The molecule has 0 atom stereocenters. The largest absolute Gasteiger partial charge is 0.362 e. The maximum Gasteiger partial charge on any atom is 0.252 e. The number of aryl methyl sites for hydroxylation is 1.